The molecular weight excluding hydrogens is 176 g/mol. The van der Waals surface area contributed by atoms with Crippen molar-refractivity contribution in [1.29, 1.82) is 0 Å². The van der Waals surface area contributed by atoms with Gasteiger partial charge in [-0.2, -0.15) is 0 Å². The second-order valence-corrected chi connectivity index (χ2v) is 3.36. The van der Waals surface area contributed by atoms with E-state index in [-0.39, 0.29) is 0 Å². The number of rotatable bonds is 4. The SMILES string of the molecule is [CH2]CCCCc1cccc2nonc12. The average Bonchev–Trinajstić information content (AvgIpc) is 2.67. The minimum atomic E-state index is 0.845. The number of aryl methyl sites for hydroxylation is 1. The van der Waals surface area contributed by atoms with Crippen molar-refractivity contribution in [3.63, 3.8) is 0 Å². The molecule has 73 valence electrons. The molecule has 0 aliphatic rings. The van der Waals surface area contributed by atoms with Crippen molar-refractivity contribution < 1.29 is 4.63 Å². The number of hydrogen-bond donors (Lipinski definition) is 0. The molecule has 0 spiro atoms. The molecule has 0 amide bonds. The van der Waals surface area contributed by atoms with Gasteiger partial charge in [-0.15, -0.1) is 0 Å². The van der Waals surface area contributed by atoms with E-state index in [0.29, 0.717) is 0 Å². The Labute approximate surface area is 83.1 Å². The van der Waals surface area contributed by atoms with E-state index in [9.17, 15) is 0 Å². The third-order valence-electron chi connectivity index (χ3n) is 2.32. The zero-order valence-corrected chi connectivity index (χ0v) is 8.07. The maximum absolute atomic E-state index is 4.70. The molecule has 1 radical (unpaired) electrons. The Hall–Kier alpha value is -1.38. The molecule has 2 rings (SSSR count). The summed E-state index contributed by atoms with van der Waals surface area (Å²) in [5.74, 6) is 0. The molecule has 0 fully saturated rings. The predicted octanol–water partition coefficient (Wildman–Crippen LogP) is 2.77. The van der Waals surface area contributed by atoms with Crippen molar-refractivity contribution in [1.82, 2.24) is 10.3 Å². The Morgan fingerprint density at radius 2 is 2.14 bits per heavy atom. The number of nitrogens with zero attached hydrogens (tertiary/aromatic N) is 2. The van der Waals surface area contributed by atoms with E-state index < -0.39 is 0 Å². The molecule has 0 atom stereocenters. The third kappa shape index (κ3) is 1.76. The first-order valence-corrected chi connectivity index (χ1v) is 4.91. The standard InChI is InChI=1S/C11H13N2O/c1-2-3-4-6-9-7-5-8-10-11(9)13-14-12-10/h5,7-8H,1-4,6H2. The van der Waals surface area contributed by atoms with Crippen LogP contribution >= 0.6 is 0 Å². The summed E-state index contributed by atoms with van der Waals surface area (Å²) >= 11 is 0. The smallest absolute Gasteiger partial charge is 0.138 e. The van der Waals surface area contributed by atoms with E-state index in [1.165, 1.54) is 5.56 Å². The molecule has 0 bridgehead atoms. The van der Waals surface area contributed by atoms with Crippen LogP contribution in [0.5, 0.6) is 0 Å². The molecule has 0 saturated carbocycles. The molecule has 14 heavy (non-hydrogen) atoms. The highest BCUT2D eigenvalue weighted by Crippen LogP contribution is 2.16. The Morgan fingerprint density at radius 1 is 1.21 bits per heavy atom. The van der Waals surface area contributed by atoms with Crippen molar-refractivity contribution in [2.24, 2.45) is 0 Å². The van der Waals surface area contributed by atoms with Crippen LogP contribution in [0.2, 0.25) is 0 Å². The summed E-state index contributed by atoms with van der Waals surface area (Å²) in [5, 5.41) is 7.70. The molecule has 1 aromatic heterocycles. The first-order chi connectivity index (χ1) is 6.92. The van der Waals surface area contributed by atoms with Gasteiger partial charge in [0, 0.05) is 0 Å². The van der Waals surface area contributed by atoms with Crippen molar-refractivity contribution in [2.45, 2.75) is 25.7 Å². The zero-order valence-electron chi connectivity index (χ0n) is 8.07. The Morgan fingerprint density at radius 3 is 3.00 bits per heavy atom. The quantitative estimate of drug-likeness (QED) is 0.694. The number of aromatic nitrogens is 2. The summed E-state index contributed by atoms with van der Waals surface area (Å²) in [6.45, 7) is 3.82. The molecular formula is C11H13N2O. The number of fused-ring (bicyclic) bond motifs is 1. The van der Waals surface area contributed by atoms with Crippen molar-refractivity contribution >= 4 is 11.0 Å². The van der Waals surface area contributed by atoms with Crippen LogP contribution in [0.4, 0.5) is 0 Å². The van der Waals surface area contributed by atoms with Crippen molar-refractivity contribution in [3.8, 4) is 0 Å². The van der Waals surface area contributed by atoms with E-state index in [2.05, 4.69) is 23.3 Å². The van der Waals surface area contributed by atoms with Gasteiger partial charge in [-0.05, 0) is 34.8 Å². The summed E-state index contributed by atoms with van der Waals surface area (Å²) < 4.78 is 4.70. The van der Waals surface area contributed by atoms with Crippen LogP contribution in [0, 0.1) is 6.92 Å². The van der Waals surface area contributed by atoms with Crippen LogP contribution < -0.4 is 0 Å². The van der Waals surface area contributed by atoms with Crippen LogP contribution in [0.3, 0.4) is 0 Å². The highest BCUT2D eigenvalue weighted by atomic mass is 16.6. The van der Waals surface area contributed by atoms with Crippen LogP contribution in [-0.4, -0.2) is 10.3 Å². The van der Waals surface area contributed by atoms with Gasteiger partial charge >= 0.3 is 0 Å². The Balaban J connectivity index is 2.19. The van der Waals surface area contributed by atoms with E-state index in [4.69, 9.17) is 4.63 Å². The van der Waals surface area contributed by atoms with Gasteiger partial charge in [0.05, 0.1) is 0 Å². The van der Waals surface area contributed by atoms with Gasteiger partial charge in [0.1, 0.15) is 11.0 Å². The van der Waals surface area contributed by atoms with Crippen LogP contribution in [0.1, 0.15) is 24.8 Å². The molecule has 3 nitrogen and oxygen atoms in total. The van der Waals surface area contributed by atoms with E-state index in [0.717, 1.165) is 36.7 Å². The fraction of sp³-hybridized carbons (Fsp3) is 0.364. The van der Waals surface area contributed by atoms with Gasteiger partial charge in [-0.3, -0.25) is 0 Å². The van der Waals surface area contributed by atoms with Crippen LogP contribution in [-0.2, 0) is 6.42 Å². The topological polar surface area (TPSA) is 38.9 Å². The van der Waals surface area contributed by atoms with Gasteiger partial charge in [0.15, 0.2) is 0 Å². The second kappa shape index (κ2) is 4.22. The van der Waals surface area contributed by atoms with E-state index >= 15 is 0 Å². The first kappa shape index (κ1) is 9.19. The molecule has 1 aromatic carbocycles. The lowest BCUT2D eigenvalue weighted by Crippen LogP contribution is -1.87. The van der Waals surface area contributed by atoms with Gasteiger partial charge in [-0.25, -0.2) is 4.63 Å². The molecule has 0 saturated heterocycles. The van der Waals surface area contributed by atoms with Crippen LogP contribution in [0.25, 0.3) is 11.0 Å². The summed E-state index contributed by atoms with van der Waals surface area (Å²) in [6, 6.07) is 5.98. The molecule has 3 heteroatoms. The lowest BCUT2D eigenvalue weighted by atomic mass is 10.1. The number of unbranched alkanes of at least 4 members (excludes halogenated alkanes) is 2. The maximum Gasteiger partial charge on any atom is 0.138 e. The average molecular weight is 189 g/mol. The lowest BCUT2D eigenvalue weighted by molar-refractivity contribution is 0.315. The summed E-state index contributed by atoms with van der Waals surface area (Å²) in [6.07, 6.45) is 4.32. The fourth-order valence-corrected chi connectivity index (χ4v) is 1.56. The Kier molecular flexibility index (Phi) is 2.77. The highest BCUT2D eigenvalue weighted by Gasteiger charge is 2.04. The minimum absolute atomic E-state index is 0.845. The lowest BCUT2D eigenvalue weighted by Gasteiger charge is -1.99. The van der Waals surface area contributed by atoms with E-state index in [1.807, 2.05) is 12.1 Å². The summed E-state index contributed by atoms with van der Waals surface area (Å²) in [4.78, 5) is 0. The summed E-state index contributed by atoms with van der Waals surface area (Å²) in [7, 11) is 0. The number of benzene rings is 1. The molecule has 0 N–H and O–H groups in total. The van der Waals surface area contributed by atoms with Gasteiger partial charge in [0.2, 0.25) is 0 Å². The second-order valence-electron chi connectivity index (χ2n) is 3.36. The molecule has 1 heterocycles. The normalized spacial score (nSPS) is 10.9. The molecule has 0 aliphatic carbocycles. The monoisotopic (exact) mass is 189 g/mol. The largest absolute Gasteiger partial charge is 0.243 e. The molecule has 0 aliphatic heterocycles. The number of hydrogen-bond acceptors (Lipinski definition) is 3. The van der Waals surface area contributed by atoms with Crippen molar-refractivity contribution in [3.05, 3.63) is 30.7 Å². The third-order valence-corrected chi connectivity index (χ3v) is 2.32. The Bertz CT molecular complexity index is 408. The van der Waals surface area contributed by atoms with Crippen molar-refractivity contribution in [2.75, 3.05) is 0 Å². The van der Waals surface area contributed by atoms with E-state index in [1.54, 1.807) is 0 Å². The molecule has 0 unspecified atom stereocenters. The fourth-order valence-electron chi connectivity index (χ4n) is 1.56. The zero-order chi connectivity index (χ0) is 9.80. The summed E-state index contributed by atoms with van der Waals surface area (Å²) in [5.41, 5.74) is 2.96. The molecule has 2 aromatic rings. The maximum atomic E-state index is 4.70. The predicted molar refractivity (Wildman–Crippen MR) is 54.7 cm³/mol. The van der Waals surface area contributed by atoms with Gasteiger partial charge in [0.25, 0.3) is 0 Å². The van der Waals surface area contributed by atoms with Crippen LogP contribution in [0.15, 0.2) is 22.8 Å². The highest BCUT2D eigenvalue weighted by molar-refractivity contribution is 5.76. The first-order valence-electron chi connectivity index (χ1n) is 4.91. The van der Waals surface area contributed by atoms with Gasteiger partial charge in [-0.1, -0.05) is 31.9 Å². The van der Waals surface area contributed by atoms with Gasteiger partial charge < -0.3 is 0 Å². The minimum Gasteiger partial charge on any atom is -0.243 e.